The van der Waals surface area contributed by atoms with Crippen LogP contribution >= 0.6 is 0 Å². The van der Waals surface area contributed by atoms with Crippen molar-refractivity contribution in [3.63, 3.8) is 0 Å². The maximum atomic E-state index is 8.49. The molecule has 2 aromatic carbocycles. The molecule has 0 spiro atoms. The molecular formula is C18H17ClO6. The molecular weight excluding hydrogens is 348 g/mol. The third-order valence-corrected chi connectivity index (χ3v) is 3.49. The average molecular weight is 365 g/mol. The van der Waals surface area contributed by atoms with E-state index in [1.165, 1.54) is 5.56 Å². The maximum Gasteiger partial charge on any atom is 0.363 e. The fourth-order valence-electron chi connectivity index (χ4n) is 2.37. The van der Waals surface area contributed by atoms with E-state index < -0.39 is 10.2 Å². The van der Waals surface area contributed by atoms with Gasteiger partial charge >= 0.3 is 11.3 Å². The molecule has 0 radical (unpaired) electrons. The molecule has 6 nitrogen and oxygen atoms in total. The van der Waals surface area contributed by atoms with Crippen molar-refractivity contribution in [1.29, 1.82) is 0 Å². The number of hydrogen-bond acceptors (Lipinski definition) is 5. The topological polar surface area (TPSA) is 113 Å². The fraction of sp³-hybridized carbons (Fsp3) is 0.167. The average Bonchev–Trinajstić information content (AvgIpc) is 2.59. The summed E-state index contributed by atoms with van der Waals surface area (Å²) in [5.74, 6) is 1.79. The van der Waals surface area contributed by atoms with Crippen LogP contribution in [0.15, 0.2) is 59.0 Å². The third kappa shape index (κ3) is 5.67. The zero-order valence-electron chi connectivity index (χ0n) is 13.7. The highest BCUT2D eigenvalue weighted by Crippen LogP contribution is 2.30. The molecule has 0 bridgehead atoms. The van der Waals surface area contributed by atoms with E-state index in [9.17, 15) is 0 Å². The minimum Gasteiger partial charge on any atom is -0.497 e. The molecule has 0 unspecified atom stereocenters. The van der Waals surface area contributed by atoms with Crippen LogP contribution in [0.3, 0.4) is 0 Å². The van der Waals surface area contributed by atoms with Gasteiger partial charge in [-0.15, -0.1) is 10.2 Å². The molecule has 132 valence electrons. The smallest absolute Gasteiger partial charge is 0.363 e. The summed E-state index contributed by atoms with van der Waals surface area (Å²) in [6.45, 7) is 2.15. The van der Waals surface area contributed by atoms with Gasteiger partial charge in [0.15, 0.2) is 0 Å². The molecule has 0 saturated heterocycles. The van der Waals surface area contributed by atoms with Crippen LogP contribution in [0, 0.1) is 10.2 Å². The molecule has 0 atom stereocenters. The Morgan fingerprint density at radius 1 is 0.960 bits per heavy atom. The second-order valence-electron chi connectivity index (χ2n) is 5.10. The molecule has 0 aliphatic heterocycles. The highest BCUT2D eigenvalue weighted by atomic mass is 35.7. The van der Waals surface area contributed by atoms with E-state index in [2.05, 4.69) is 19.1 Å². The number of halogens is 1. The van der Waals surface area contributed by atoms with Crippen molar-refractivity contribution in [2.75, 3.05) is 7.11 Å². The first-order valence-corrected chi connectivity index (χ1v) is 8.66. The van der Waals surface area contributed by atoms with Crippen LogP contribution in [0.25, 0.3) is 22.3 Å². The van der Waals surface area contributed by atoms with Crippen molar-refractivity contribution in [2.45, 2.75) is 13.3 Å². The Kier molecular flexibility index (Phi) is 6.30. The Morgan fingerprint density at radius 3 is 2.12 bits per heavy atom. The number of benzene rings is 2. The van der Waals surface area contributed by atoms with Crippen LogP contribution in [0.2, 0.25) is 0 Å². The van der Waals surface area contributed by atoms with Gasteiger partial charge in [-0.25, -0.2) is 23.1 Å². The first kappa shape index (κ1) is 19.1. The van der Waals surface area contributed by atoms with E-state index >= 15 is 0 Å². The standard InChI is InChI=1S/C18H17O2.ClHO4/c1-3-13-12-15-6-4-5-7-17(15)20-18(13)14-8-10-16(19-2)11-9-14;2-1(3,4)5/h4-12H,3H2,1-2H3;(H,2,3,4,5)/q+1;/p-1. The van der Waals surface area contributed by atoms with Gasteiger partial charge in [-0.1, -0.05) is 19.1 Å². The predicted octanol–water partition coefficient (Wildman–Crippen LogP) is 0.196. The van der Waals surface area contributed by atoms with Crippen LogP contribution in [-0.4, -0.2) is 7.11 Å². The molecule has 0 aliphatic rings. The van der Waals surface area contributed by atoms with Gasteiger partial charge in [-0.3, -0.25) is 0 Å². The minimum absolute atomic E-state index is 0.854. The van der Waals surface area contributed by atoms with Gasteiger partial charge in [0.25, 0.3) is 0 Å². The lowest BCUT2D eigenvalue weighted by Gasteiger charge is -2.17. The summed E-state index contributed by atoms with van der Waals surface area (Å²) < 4.78 is 45.3. The van der Waals surface area contributed by atoms with Crippen LogP contribution < -0.4 is 23.4 Å². The number of hydrogen-bond donors (Lipinski definition) is 0. The summed E-state index contributed by atoms with van der Waals surface area (Å²) in [5, 5.41) is 1.14. The number of fused-ring (bicyclic) bond motifs is 1. The van der Waals surface area contributed by atoms with Gasteiger partial charge < -0.3 is 4.74 Å². The molecule has 7 heteroatoms. The van der Waals surface area contributed by atoms with Gasteiger partial charge in [-0.2, -0.15) is 0 Å². The summed E-state index contributed by atoms with van der Waals surface area (Å²) in [7, 11) is -3.27. The fourth-order valence-corrected chi connectivity index (χ4v) is 2.37. The summed E-state index contributed by atoms with van der Waals surface area (Å²) >= 11 is 0. The number of methoxy groups -OCH3 is 1. The second-order valence-corrected chi connectivity index (χ2v) is 5.85. The van der Waals surface area contributed by atoms with E-state index in [1.807, 2.05) is 42.5 Å². The van der Waals surface area contributed by atoms with E-state index in [4.69, 9.17) is 27.8 Å². The van der Waals surface area contributed by atoms with Crippen molar-refractivity contribution in [2.24, 2.45) is 0 Å². The summed E-state index contributed by atoms with van der Waals surface area (Å²) in [4.78, 5) is 0. The molecule has 25 heavy (non-hydrogen) atoms. The minimum atomic E-state index is -4.94. The third-order valence-electron chi connectivity index (χ3n) is 3.49. The summed E-state index contributed by atoms with van der Waals surface area (Å²) in [5.41, 5.74) is 3.21. The molecule has 0 saturated carbocycles. The molecule has 0 fully saturated rings. The number of para-hydroxylation sites is 1. The summed E-state index contributed by atoms with van der Waals surface area (Å²) in [6, 6.07) is 18.3. The lowest BCUT2D eigenvalue weighted by molar-refractivity contribution is -2.00. The first-order chi connectivity index (χ1) is 11.8. The Hall–Kier alpha value is -2.22. The predicted molar refractivity (Wildman–Crippen MR) is 82.0 cm³/mol. The molecule has 3 aromatic rings. The highest BCUT2D eigenvalue weighted by molar-refractivity contribution is 5.80. The number of ether oxygens (including phenoxy) is 1. The van der Waals surface area contributed by atoms with Crippen LogP contribution in [0.4, 0.5) is 0 Å². The highest BCUT2D eigenvalue weighted by Gasteiger charge is 2.20. The monoisotopic (exact) mass is 364 g/mol. The molecule has 3 rings (SSSR count). The van der Waals surface area contributed by atoms with E-state index in [1.54, 1.807) is 7.11 Å². The lowest BCUT2D eigenvalue weighted by atomic mass is 10.0. The zero-order chi connectivity index (χ0) is 18.4. The molecule has 1 heterocycles. The van der Waals surface area contributed by atoms with E-state index in [0.29, 0.717) is 0 Å². The van der Waals surface area contributed by atoms with E-state index in [0.717, 1.165) is 34.5 Å². The second kappa shape index (κ2) is 8.24. The van der Waals surface area contributed by atoms with Crippen LogP contribution in [0.5, 0.6) is 5.75 Å². The van der Waals surface area contributed by atoms with E-state index in [-0.39, 0.29) is 0 Å². The SMILES string of the molecule is CCc1cc2ccccc2[o+]c1-c1ccc(OC)cc1.[O-][Cl+3]([O-])([O-])[O-]. The maximum absolute atomic E-state index is 8.49. The largest absolute Gasteiger partial charge is 0.497 e. The van der Waals surface area contributed by atoms with Crippen molar-refractivity contribution < 1.29 is 38.0 Å². The van der Waals surface area contributed by atoms with Gasteiger partial charge in [0.05, 0.1) is 23.6 Å². The number of rotatable bonds is 3. The van der Waals surface area contributed by atoms with Gasteiger partial charge in [0.2, 0.25) is 0 Å². The Bertz CT molecular complexity index is 821. The van der Waals surface area contributed by atoms with Crippen LogP contribution in [0.1, 0.15) is 12.5 Å². The molecule has 0 aliphatic carbocycles. The van der Waals surface area contributed by atoms with Crippen molar-refractivity contribution >= 4 is 11.0 Å². The summed E-state index contributed by atoms with van der Waals surface area (Å²) in [6.07, 6.45) is 0.940. The lowest BCUT2D eigenvalue weighted by Crippen LogP contribution is -2.68. The van der Waals surface area contributed by atoms with Crippen molar-refractivity contribution in [3.8, 4) is 17.1 Å². The Balaban J connectivity index is 0.000000399. The Morgan fingerprint density at radius 2 is 1.56 bits per heavy atom. The normalized spacial score (nSPS) is 11.0. The zero-order valence-corrected chi connectivity index (χ0v) is 14.5. The molecule has 1 aromatic heterocycles. The quantitative estimate of drug-likeness (QED) is 0.613. The van der Waals surface area contributed by atoms with Crippen molar-refractivity contribution in [1.82, 2.24) is 0 Å². The Labute approximate surface area is 147 Å². The van der Waals surface area contributed by atoms with Crippen molar-refractivity contribution in [3.05, 3.63) is 60.2 Å². The number of aryl methyl sites for hydroxylation is 1. The first-order valence-electron chi connectivity index (χ1n) is 7.42. The van der Waals surface area contributed by atoms with Gasteiger partial charge in [0.1, 0.15) is 5.75 Å². The van der Waals surface area contributed by atoms with Gasteiger partial charge in [-0.05, 0) is 42.8 Å². The molecule has 0 amide bonds. The molecule has 0 N–H and O–H groups in total. The van der Waals surface area contributed by atoms with Crippen LogP contribution in [-0.2, 0) is 6.42 Å². The van der Waals surface area contributed by atoms with Gasteiger partial charge in [0, 0.05) is 6.07 Å².